The molecule has 1 aromatic rings. The van der Waals surface area contributed by atoms with Gasteiger partial charge in [0.1, 0.15) is 0 Å². The highest BCUT2D eigenvalue weighted by Gasteiger charge is 2.17. The monoisotopic (exact) mass is 204 g/mol. The lowest BCUT2D eigenvalue weighted by atomic mass is 9.88. The Labute approximate surface area is 92.3 Å². The van der Waals surface area contributed by atoms with E-state index in [4.69, 9.17) is 0 Å². The summed E-state index contributed by atoms with van der Waals surface area (Å²) in [4.78, 5) is 6.79. The fraction of sp³-hybridized carbons (Fsp3) is 0.615. The lowest BCUT2D eigenvalue weighted by Crippen LogP contribution is -2.19. The van der Waals surface area contributed by atoms with Crippen molar-refractivity contribution in [3.05, 3.63) is 24.0 Å². The molecular formula is C13H20N2. The number of pyridine rings is 1. The van der Waals surface area contributed by atoms with Crippen molar-refractivity contribution in [1.29, 1.82) is 0 Å². The molecule has 0 bridgehead atoms. The second kappa shape index (κ2) is 3.84. The standard InChI is InChI=1S/C13H20N2/c1-13(2,3)11-8-12(10-14-9-11)15-6-4-5-7-15/h8-10H,4-7H2,1-3H3. The van der Waals surface area contributed by atoms with Crippen LogP contribution in [-0.2, 0) is 5.41 Å². The van der Waals surface area contributed by atoms with Crippen molar-refractivity contribution in [1.82, 2.24) is 4.98 Å². The minimum atomic E-state index is 0.197. The molecule has 0 atom stereocenters. The molecule has 0 radical (unpaired) electrons. The van der Waals surface area contributed by atoms with Crippen LogP contribution in [0.3, 0.4) is 0 Å². The van der Waals surface area contributed by atoms with E-state index in [9.17, 15) is 0 Å². The van der Waals surface area contributed by atoms with Crippen LogP contribution in [0.2, 0.25) is 0 Å². The maximum absolute atomic E-state index is 4.35. The average Bonchev–Trinajstić information content (AvgIpc) is 2.69. The third kappa shape index (κ3) is 2.31. The maximum Gasteiger partial charge on any atom is 0.0555 e. The van der Waals surface area contributed by atoms with E-state index in [1.807, 2.05) is 12.4 Å². The highest BCUT2D eigenvalue weighted by molar-refractivity contribution is 5.48. The van der Waals surface area contributed by atoms with E-state index in [0.29, 0.717) is 0 Å². The summed E-state index contributed by atoms with van der Waals surface area (Å²) in [5.41, 5.74) is 2.81. The van der Waals surface area contributed by atoms with Crippen molar-refractivity contribution in [2.75, 3.05) is 18.0 Å². The first-order valence-electron chi connectivity index (χ1n) is 5.78. The SMILES string of the molecule is CC(C)(C)c1cncc(N2CCCC2)c1. The molecule has 2 heteroatoms. The summed E-state index contributed by atoms with van der Waals surface area (Å²) in [6.07, 6.45) is 6.61. The molecule has 0 unspecified atom stereocenters. The zero-order chi connectivity index (χ0) is 10.9. The van der Waals surface area contributed by atoms with Crippen LogP contribution in [-0.4, -0.2) is 18.1 Å². The van der Waals surface area contributed by atoms with Crippen molar-refractivity contribution in [3.8, 4) is 0 Å². The van der Waals surface area contributed by atoms with Crippen molar-refractivity contribution in [2.24, 2.45) is 0 Å². The first kappa shape index (κ1) is 10.5. The molecule has 2 nitrogen and oxygen atoms in total. The van der Waals surface area contributed by atoms with Gasteiger partial charge in [-0.2, -0.15) is 0 Å². The quantitative estimate of drug-likeness (QED) is 0.699. The molecule has 0 N–H and O–H groups in total. The predicted octanol–water partition coefficient (Wildman–Crippen LogP) is 2.98. The lowest BCUT2D eigenvalue weighted by molar-refractivity contribution is 0.587. The minimum absolute atomic E-state index is 0.197. The lowest BCUT2D eigenvalue weighted by Gasteiger charge is -2.22. The van der Waals surface area contributed by atoms with Gasteiger partial charge in [-0.05, 0) is 29.9 Å². The Balaban J connectivity index is 2.26. The number of nitrogens with zero attached hydrogens (tertiary/aromatic N) is 2. The van der Waals surface area contributed by atoms with Crippen molar-refractivity contribution >= 4 is 5.69 Å². The van der Waals surface area contributed by atoms with Crippen LogP contribution in [0.1, 0.15) is 39.2 Å². The Morgan fingerprint density at radius 2 is 1.80 bits per heavy atom. The van der Waals surface area contributed by atoms with Crippen LogP contribution in [0.25, 0.3) is 0 Å². The second-order valence-corrected chi connectivity index (χ2v) is 5.38. The molecule has 2 rings (SSSR count). The van der Waals surface area contributed by atoms with Gasteiger partial charge < -0.3 is 4.90 Å². The summed E-state index contributed by atoms with van der Waals surface area (Å²) < 4.78 is 0. The molecule has 0 spiro atoms. The minimum Gasteiger partial charge on any atom is -0.370 e. The van der Waals surface area contributed by atoms with Crippen molar-refractivity contribution in [3.63, 3.8) is 0 Å². The zero-order valence-electron chi connectivity index (χ0n) is 9.95. The molecule has 82 valence electrons. The summed E-state index contributed by atoms with van der Waals surface area (Å²) in [5.74, 6) is 0. The first-order valence-corrected chi connectivity index (χ1v) is 5.78. The van der Waals surface area contributed by atoms with Gasteiger partial charge in [0.2, 0.25) is 0 Å². The van der Waals surface area contributed by atoms with Crippen LogP contribution < -0.4 is 4.90 Å². The molecule has 1 aliphatic heterocycles. The molecule has 1 fully saturated rings. The van der Waals surface area contributed by atoms with Gasteiger partial charge in [-0.15, -0.1) is 0 Å². The number of rotatable bonds is 1. The van der Waals surface area contributed by atoms with E-state index in [0.717, 1.165) is 0 Å². The molecule has 1 aliphatic rings. The van der Waals surface area contributed by atoms with Gasteiger partial charge in [-0.3, -0.25) is 4.98 Å². The molecule has 0 saturated carbocycles. The van der Waals surface area contributed by atoms with Gasteiger partial charge in [0.05, 0.1) is 11.9 Å². The Morgan fingerprint density at radius 1 is 1.13 bits per heavy atom. The van der Waals surface area contributed by atoms with Gasteiger partial charge >= 0.3 is 0 Å². The molecule has 15 heavy (non-hydrogen) atoms. The fourth-order valence-electron chi connectivity index (χ4n) is 1.99. The number of hydrogen-bond donors (Lipinski definition) is 0. The predicted molar refractivity (Wildman–Crippen MR) is 64.4 cm³/mol. The van der Waals surface area contributed by atoms with Gasteiger partial charge in [0.15, 0.2) is 0 Å². The fourth-order valence-corrected chi connectivity index (χ4v) is 1.99. The molecule has 0 aliphatic carbocycles. The Morgan fingerprint density at radius 3 is 2.40 bits per heavy atom. The third-order valence-corrected chi connectivity index (χ3v) is 3.06. The maximum atomic E-state index is 4.35. The molecular weight excluding hydrogens is 184 g/mol. The van der Waals surface area contributed by atoms with E-state index >= 15 is 0 Å². The van der Waals surface area contributed by atoms with E-state index < -0.39 is 0 Å². The van der Waals surface area contributed by atoms with E-state index in [-0.39, 0.29) is 5.41 Å². The molecule has 0 amide bonds. The van der Waals surface area contributed by atoms with Crippen LogP contribution in [0.4, 0.5) is 5.69 Å². The molecule has 1 aromatic heterocycles. The van der Waals surface area contributed by atoms with Crippen LogP contribution in [0.15, 0.2) is 18.5 Å². The highest BCUT2D eigenvalue weighted by Crippen LogP contribution is 2.26. The molecule has 1 saturated heterocycles. The van der Waals surface area contributed by atoms with E-state index in [1.54, 1.807) is 0 Å². The van der Waals surface area contributed by atoms with Gasteiger partial charge in [-0.25, -0.2) is 0 Å². The topological polar surface area (TPSA) is 16.1 Å². The molecule has 0 aromatic carbocycles. The van der Waals surface area contributed by atoms with E-state index in [2.05, 4.69) is 36.7 Å². The largest absolute Gasteiger partial charge is 0.370 e. The van der Waals surface area contributed by atoms with Crippen molar-refractivity contribution in [2.45, 2.75) is 39.0 Å². The summed E-state index contributed by atoms with van der Waals surface area (Å²) in [7, 11) is 0. The summed E-state index contributed by atoms with van der Waals surface area (Å²) in [6.45, 7) is 9.08. The first-order chi connectivity index (χ1) is 7.07. The summed E-state index contributed by atoms with van der Waals surface area (Å²) in [6, 6.07) is 2.29. The van der Waals surface area contributed by atoms with Gasteiger partial charge in [-0.1, -0.05) is 20.8 Å². The third-order valence-electron chi connectivity index (χ3n) is 3.06. The van der Waals surface area contributed by atoms with Crippen LogP contribution in [0, 0.1) is 0 Å². The Bertz CT molecular complexity index is 333. The Hall–Kier alpha value is -1.05. The normalized spacial score (nSPS) is 17.1. The van der Waals surface area contributed by atoms with Crippen LogP contribution >= 0.6 is 0 Å². The highest BCUT2D eigenvalue weighted by atomic mass is 15.1. The zero-order valence-corrected chi connectivity index (χ0v) is 9.95. The van der Waals surface area contributed by atoms with E-state index in [1.165, 1.54) is 37.2 Å². The Kier molecular flexibility index (Phi) is 2.68. The summed E-state index contributed by atoms with van der Waals surface area (Å²) >= 11 is 0. The second-order valence-electron chi connectivity index (χ2n) is 5.38. The molecule has 2 heterocycles. The average molecular weight is 204 g/mol. The summed E-state index contributed by atoms with van der Waals surface area (Å²) in [5, 5.41) is 0. The van der Waals surface area contributed by atoms with Crippen molar-refractivity contribution < 1.29 is 0 Å². The number of hydrogen-bond acceptors (Lipinski definition) is 2. The number of aromatic nitrogens is 1. The number of anilines is 1. The smallest absolute Gasteiger partial charge is 0.0555 e. The van der Waals surface area contributed by atoms with Gasteiger partial charge in [0.25, 0.3) is 0 Å². The van der Waals surface area contributed by atoms with Gasteiger partial charge in [0, 0.05) is 19.3 Å². The van der Waals surface area contributed by atoms with Crippen LogP contribution in [0.5, 0.6) is 0 Å².